The van der Waals surface area contributed by atoms with Crippen LogP contribution in [0.15, 0.2) is 48.5 Å². The standard InChI is InChI=1S/C18H22N2O4/c1-12-7-8-14(15(19)9-12)17(22)16(21)10-20-18(23)24-11-13-5-3-2-4-6-13/h2-9,16-17,21-22H,10-11,19H2,1H3,(H,20,23). The van der Waals surface area contributed by atoms with Crippen molar-refractivity contribution in [1.29, 1.82) is 0 Å². The second-order valence-corrected chi connectivity index (χ2v) is 5.59. The third kappa shape index (κ3) is 4.97. The minimum Gasteiger partial charge on any atom is -0.445 e. The van der Waals surface area contributed by atoms with Gasteiger partial charge in [0.15, 0.2) is 0 Å². The molecule has 0 radical (unpaired) electrons. The summed E-state index contributed by atoms with van der Waals surface area (Å²) >= 11 is 0. The summed E-state index contributed by atoms with van der Waals surface area (Å²) in [6, 6.07) is 14.4. The molecule has 2 atom stereocenters. The Kier molecular flexibility index (Phi) is 6.17. The van der Waals surface area contributed by atoms with Gasteiger partial charge in [-0.25, -0.2) is 4.79 Å². The molecule has 2 aromatic rings. The SMILES string of the molecule is Cc1ccc(C(O)C(O)CNC(=O)OCc2ccccc2)c(N)c1. The number of nitrogens with two attached hydrogens (primary N) is 1. The third-order valence-corrected chi connectivity index (χ3v) is 3.59. The minimum absolute atomic E-state index is 0.135. The molecule has 0 bridgehead atoms. The molecule has 6 nitrogen and oxygen atoms in total. The summed E-state index contributed by atoms with van der Waals surface area (Å²) in [6.45, 7) is 1.87. The molecule has 0 saturated carbocycles. The van der Waals surface area contributed by atoms with Crippen molar-refractivity contribution in [1.82, 2.24) is 5.32 Å². The van der Waals surface area contributed by atoms with E-state index in [1.807, 2.05) is 37.3 Å². The van der Waals surface area contributed by atoms with Crippen LogP contribution in [0.5, 0.6) is 0 Å². The van der Waals surface area contributed by atoms with Gasteiger partial charge in [-0.1, -0.05) is 42.5 Å². The van der Waals surface area contributed by atoms with E-state index in [1.165, 1.54) is 0 Å². The van der Waals surface area contributed by atoms with Crippen molar-refractivity contribution in [3.8, 4) is 0 Å². The van der Waals surface area contributed by atoms with Crippen LogP contribution in [0.3, 0.4) is 0 Å². The molecule has 0 aliphatic rings. The number of ether oxygens (including phenoxy) is 1. The van der Waals surface area contributed by atoms with Crippen molar-refractivity contribution < 1.29 is 19.7 Å². The smallest absolute Gasteiger partial charge is 0.407 e. The zero-order chi connectivity index (χ0) is 17.5. The lowest BCUT2D eigenvalue weighted by atomic mass is 10.0. The molecule has 0 aliphatic carbocycles. The Bertz CT molecular complexity index is 676. The molecular weight excluding hydrogens is 308 g/mol. The highest BCUT2D eigenvalue weighted by atomic mass is 16.5. The summed E-state index contributed by atoms with van der Waals surface area (Å²) in [5.41, 5.74) is 8.49. The van der Waals surface area contributed by atoms with Crippen molar-refractivity contribution >= 4 is 11.8 Å². The van der Waals surface area contributed by atoms with Gasteiger partial charge < -0.3 is 26.0 Å². The van der Waals surface area contributed by atoms with E-state index in [4.69, 9.17) is 10.5 Å². The first-order chi connectivity index (χ1) is 11.5. The van der Waals surface area contributed by atoms with E-state index >= 15 is 0 Å². The predicted molar refractivity (Wildman–Crippen MR) is 91.2 cm³/mol. The van der Waals surface area contributed by atoms with Crippen molar-refractivity contribution in [3.05, 3.63) is 65.2 Å². The molecular formula is C18H22N2O4. The number of carbonyl (C=O) groups is 1. The van der Waals surface area contributed by atoms with Crippen LogP contribution in [0, 0.1) is 6.92 Å². The fraction of sp³-hybridized carbons (Fsp3) is 0.278. The number of benzene rings is 2. The van der Waals surface area contributed by atoms with E-state index in [0.717, 1.165) is 11.1 Å². The number of hydrogen-bond acceptors (Lipinski definition) is 5. The number of carbonyl (C=O) groups excluding carboxylic acids is 1. The zero-order valence-electron chi connectivity index (χ0n) is 13.5. The Labute approximate surface area is 140 Å². The Balaban J connectivity index is 1.81. The molecule has 5 N–H and O–H groups in total. The number of amides is 1. The van der Waals surface area contributed by atoms with Crippen molar-refractivity contribution in [2.45, 2.75) is 25.7 Å². The first kappa shape index (κ1) is 17.8. The molecule has 2 unspecified atom stereocenters. The maximum atomic E-state index is 11.6. The summed E-state index contributed by atoms with van der Waals surface area (Å²) in [5.74, 6) is 0. The maximum absolute atomic E-state index is 11.6. The Hall–Kier alpha value is -2.57. The van der Waals surface area contributed by atoms with Crippen molar-refractivity contribution in [3.63, 3.8) is 0 Å². The summed E-state index contributed by atoms with van der Waals surface area (Å²) in [4.78, 5) is 11.6. The van der Waals surface area contributed by atoms with E-state index in [0.29, 0.717) is 11.3 Å². The number of rotatable bonds is 6. The highest BCUT2D eigenvalue weighted by molar-refractivity contribution is 5.67. The van der Waals surface area contributed by atoms with Gasteiger partial charge in [0.1, 0.15) is 18.8 Å². The van der Waals surface area contributed by atoms with Crippen LogP contribution in [-0.4, -0.2) is 29.0 Å². The van der Waals surface area contributed by atoms with Gasteiger partial charge in [0.05, 0.1) is 0 Å². The molecule has 0 aromatic heterocycles. The molecule has 2 aromatic carbocycles. The monoisotopic (exact) mass is 330 g/mol. The summed E-state index contributed by atoms with van der Waals surface area (Å²) in [6.07, 6.45) is -3.05. The van der Waals surface area contributed by atoms with Crippen LogP contribution in [0.4, 0.5) is 10.5 Å². The number of anilines is 1. The van der Waals surface area contributed by atoms with E-state index in [2.05, 4.69) is 5.32 Å². The van der Waals surface area contributed by atoms with E-state index in [9.17, 15) is 15.0 Å². The molecule has 128 valence electrons. The Morgan fingerprint density at radius 3 is 2.58 bits per heavy atom. The quantitative estimate of drug-likeness (QED) is 0.606. The summed E-state index contributed by atoms with van der Waals surface area (Å²) < 4.78 is 5.04. The molecule has 0 heterocycles. The topological polar surface area (TPSA) is 105 Å². The summed E-state index contributed by atoms with van der Waals surface area (Å²) in [5, 5.41) is 22.6. The van der Waals surface area contributed by atoms with Gasteiger partial charge in [-0.05, 0) is 24.1 Å². The Morgan fingerprint density at radius 2 is 1.92 bits per heavy atom. The maximum Gasteiger partial charge on any atom is 0.407 e. The first-order valence-electron chi connectivity index (χ1n) is 7.64. The molecule has 2 rings (SSSR count). The average Bonchev–Trinajstić information content (AvgIpc) is 2.58. The van der Waals surface area contributed by atoms with Gasteiger partial charge in [0.2, 0.25) is 0 Å². The number of nitrogen functional groups attached to an aromatic ring is 1. The second kappa shape index (κ2) is 8.33. The third-order valence-electron chi connectivity index (χ3n) is 3.59. The molecule has 0 fully saturated rings. The fourth-order valence-electron chi connectivity index (χ4n) is 2.24. The highest BCUT2D eigenvalue weighted by Crippen LogP contribution is 2.24. The molecule has 0 saturated heterocycles. The van der Waals surface area contributed by atoms with Crippen molar-refractivity contribution in [2.75, 3.05) is 12.3 Å². The average molecular weight is 330 g/mol. The van der Waals surface area contributed by atoms with Crippen LogP contribution in [0.25, 0.3) is 0 Å². The minimum atomic E-state index is -1.20. The van der Waals surface area contributed by atoms with E-state index in [1.54, 1.807) is 18.2 Å². The van der Waals surface area contributed by atoms with Crippen LogP contribution >= 0.6 is 0 Å². The van der Waals surface area contributed by atoms with Gasteiger partial charge in [-0.3, -0.25) is 0 Å². The van der Waals surface area contributed by atoms with E-state index < -0.39 is 18.3 Å². The number of hydrogen-bond donors (Lipinski definition) is 4. The fourth-order valence-corrected chi connectivity index (χ4v) is 2.24. The van der Waals surface area contributed by atoms with Crippen LogP contribution < -0.4 is 11.1 Å². The predicted octanol–water partition coefficient (Wildman–Crippen LogP) is 1.90. The van der Waals surface area contributed by atoms with Crippen LogP contribution in [-0.2, 0) is 11.3 Å². The number of aryl methyl sites for hydroxylation is 1. The van der Waals surface area contributed by atoms with Gasteiger partial charge in [-0.2, -0.15) is 0 Å². The Morgan fingerprint density at radius 1 is 1.21 bits per heavy atom. The van der Waals surface area contributed by atoms with Gasteiger partial charge in [0.25, 0.3) is 0 Å². The van der Waals surface area contributed by atoms with Crippen molar-refractivity contribution in [2.24, 2.45) is 0 Å². The second-order valence-electron chi connectivity index (χ2n) is 5.59. The number of nitrogens with one attached hydrogen (secondary N) is 1. The number of aliphatic hydroxyl groups excluding tert-OH is 2. The molecule has 0 aliphatic heterocycles. The van der Waals surface area contributed by atoms with Crippen LogP contribution in [0.1, 0.15) is 22.8 Å². The summed E-state index contributed by atoms with van der Waals surface area (Å²) in [7, 11) is 0. The number of aliphatic hydroxyl groups is 2. The molecule has 1 amide bonds. The first-order valence-corrected chi connectivity index (χ1v) is 7.64. The van der Waals surface area contributed by atoms with Gasteiger partial charge in [-0.15, -0.1) is 0 Å². The van der Waals surface area contributed by atoms with Gasteiger partial charge >= 0.3 is 6.09 Å². The largest absolute Gasteiger partial charge is 0.445 e. The lowest BCUT2D eigenvalue weighted by Crippen LogP contribution is -2.36. The molecule has 6 heteroatoms. The number of alkyl carbamates (subject to hydrolysis) is 1. The van der Waals surface area contributed by atoms with Gasteiger partial charge in [0, 0.05) is 17.8 Å². The van der Waals surface area contributed by atoms with Crippen LogP contribution in [0.2, 0.25) is 0 Å². The zero-order valence-corrected chi connectivity index (χ0v) is 13.5. The molecule has 24 heavy (non-hydrogen) atoms. The van der Waals surface area contributed by atoms with E-state index in [-0.39, 0.29) is 13.2 Å². The normalized spacial score (nSPS) is 13.1. The lowest BCUT2D eigenvalue weighted by Gasteiger charge is -2.20. The molecule has 0 spiro atoms. The highest BCUT2D eigenvalue weighted by Gasteiger charge is 2.21. The lowest BCUT2D eigenvalue weighted by molar-refractivity contribution is 0.0188.